The molecule has 1 aromatic carbocycles. The molecule has 0 saturated heterocycles. The Morgan fingerprint density at radius 2 is 2.26 bits per heavy atom. The molecule has 1 fully saturated rings. The Labute approximate surface area is 116 Å². The number of benzene rings is 1. The van der Waals surface area contributed by atoms with Crippen molar-refractivity contribution in [1.82, 2.24) is 5.32 Å². The zero-order chi connectivity index (χ0) is 13.9. The van der Waals surface area contributed by atoms with Gasteiger partial charge in [0.05, 0.1) is 7.11 Å². The van der Waals surface area contributed by atoms with E-state index in [0.717, 1.165) is 5.75 Å². The third kappa shape index (κ3) is 3.71. The quantitative estimate of drug-likeness (QED) is 0.858. The summed E-state index contributed by atoms with van der Waals surface area (Å²) in [5.74, 6) is 0.893. The van der Waals surface area contributed by atoms with Crippen LogP contribution in [0.4, 0.5) is 0 Å². The van der Waals surface area contributed by atoms with Crippen LogP contribution in [0.15, 0.2) is 24.3 Å². The first kappa shape index (κ1) is 14.4. The number of methoxy groups -OCH3 is 1. The molecule has 19 heavy (non-hydrogen) atoms. The Kier molecular flexibility index (Phi) is 4.48. The van der Waals surface area contributed by atoms with E-state index in [9.17, 15) is 0 Å². The lowest BCUT2D eigenvalue weighted by Gasteiger charge is -2.24. The summed E-state index contributed by atoms with van der Waals surface area (Å²) in [5.41, 5.74) is 7.62. The average Bonchev–Trinajstić information content (AvgIpc) is 2.75. The fourth-order valence-electron chi connectivity index (χ4n) is 3.02. The highest BCUT2D eigenvalue weighted by atomic mass is 16.5. The largest absolute Gasteiger partial charge is 0.497 e. The number of nitrogens with one attached hydrogen (secondary N) is 1. The molecule has 0 bridgehead atoms. The molecule has 0 amide bonds. The van der Waals surface area contributed by atoms with E-state index in [4.69, 9.17) is 10.5 Å². The minimum atomic E-state index is 0.217. The van der Waals surface area contributed by atoms with E-state index in [1.807, 2.05) is 12.1 Å². The first-order valence-corrected chi connectivity index (χ1v) is 7.14. The van der Waals surface area contributed by atoms with Gasteiger partial charge >= 0.3 is 0 Å². The molecule has 1 aliphatic rings. The van der Waals surface area contributed by atoms with Crippen molar-refractivity contribution in [1.29, 1.82) is 0 Å². The third-order valence-corrected chi connectivity index (χ3v) is 4.14. The first-order chi connectivity index (χ1) is 9.04. The van der Waals surface area contributed by atoms with Gasteiger partial charge in [-0.3, -0.25) is 0 Å². The standard InChI is InChI=1S/C16H26N2O/c1-16(2)8-7-13(10-16)18-15(11-17)12-5-4-6-14(9-12)19-3/h4-6,9,13,15,18H,7-8,10-11,17H2,1-3H3. The summed E-state index contributed by atoms with van der Waals surface area (Å²) in [6.07, 6.45) is 3.76. The molecule has 3 N–H and O–H groups in total. The Bertz CT molecular complexity index is 417. The molecule has 0 aliphatic heterocycles. The van der Waals surface area contributed by atoms with Crippen molar-refractivity contribution < 1.29 is 4.74 Å². The second-order valence-electron chi connectivity index (χ2n) is 6.34. The zero-order valence-electron chi connectivity index (χ0n) is 12.3. The molecule has 2 rings (SSSR count). The molecule has 2 atom stereocenters. The molecule has 1 saturated carbocycles. The number of hydrogen-bond acceptors (Lipinski definition) is 3. The third-order valence-electron chi connectivity index (χ3n) is 4.14. The highest BCUT2D eigenvalue weighted by Crippen LogP contribution is 2.37. The smallest absolute Gasteiger partial charge is 0.119 e. The number of nitrogens with two attached hydrogens (primary N) is 1. The summed E-state index contributed by atoms with van der Waals surface area (Å²) in [7, 11) is 1.70. The molecule has 106 valence electrons. The maximum atomic E-state index is 5.94. The van der Waals surface area contributed by atoms with Crippen molar-refractivity contribution in [2.75, 3.05) is 13.7 Å². The first-order valence-electron chi connectivity index (χ1n) is 7.14. The van der Waals surface area contributed by atoms with Gasteiger partial charge in [0.2, 0.25) is 0 Å². The molecule has 0 spiro atoms. The van der Waals surface area contributed by atoms with Gasteiger partial charge in [0.1, 0.15) is 5.75 Å². The van der Waals surface area contributed by atoms with Crippen LogP contribution in [0.25, 0.3) is 0 Å². The molecule has 0 heterocycles. The maximum Gasteiger partial charge on any atom is 0.119 e. The number of rotatable bonds is 5. The van der Waals surface area contributed by atoms with Gasteiger partial charge in [-0.05, 0) is 42.4 Å². The molecule has 1 aliphatic carbocycles. The van der Waals surface area contributed by atoms with Crippen LogP contribution in [0.2, 0.25) is 0 Å². The van der Waals surface area contributed by atoms with Crippen LogP contribution >= 0.6 is 0 Å². The van der Waals surface area contributed by atoms with Gasteiger partial charge in [-0.25, -0.2) is 0 Å². The summed E-state index contributed by atoms with van der Waals surface area (Å²) in [5, 5.41) is 3.71. The molecule has 2 unspecified atom stereocenters. The van der Waals surface area contributed by atoms with Gasteiger partial charge in [-0.2, -0.15) is 0 Å². The van der Waals surface area contributed by atoms with E-state index in [1.54, 1.807) is 7.11 Å². The fourth-order valence-corrected chi connectivity index (χ4v) is 3.02. The maximum absolute atomic E-state index is 5.94. The predicted molar refractivity (Wildman–Crippen MR) is 79.3 cm³/mol. The number of ether oxygens (including phenoxy) is 1. The Morgan fingerprint density at radius 3 is 2.84 bits per heavy atom. The minimum Gasteiger partial charge on any atom is -0.497 e. The summed E-state index contributed by atoms with van der Waals surface area (Å²) < 4.78 is 5.28. The molecular formula is C16H26N2O. The van der Waals surface area contributed by atoms with Crippen LogP contribution in [0.3, 0.4) is 0 Å². The van der Waals surface area contributed by atoms with Gasteiger partial charge in [-0.1, -0.05) is 26.0 Å². The Balaban J connectivity index is 2.03. The van der Waals surface area contributed by atoms with Crippen LogP contribution in [-0.4, -0.2) is 19.7 Å². The van der Waals surface area contributed by atoms with Crippen molar-refractivity contribution in [3.63, 3.8) is 0 Å². The van der Waals surface area contributed by atoms with Crippen molar-refractivity contribution in [3.8, 4) is 5.75 Å². The molecular weight excluding hydrogens is 236 g/mol. The highest BCUT2D eigenvalue weighted by molar-refractivity contribution is 5.30. The minimum absolute atomic E-state index is 0.217. The van der Waals surface area contributed by atoms with Gasteiger partial charge < -0.3 is 15.8 Å². The lowest BCUT2D eigenvalue weighted by atomic mass is 9.91. The molecule has 3 heteroatoms. The van der Waals surface area contributed by atoms with Crippen LogP contribution in [-0.2, 0) is 0 Å². The van der Waals surface area contributed by atoms with Crippen molar-refractivity contribution >= 4 is 0 Å². The van der Waals surface area contributed by atoms with E-state index in [2.05, 4.69) is 31.3 Å². The Morgan fingerprint density at radius 1 is 1.47 bits per heavy atom. The highest BCUT2D eigenvalue weighted by Gasteiger charge is 2.31. The second kappa shape index (κ2) is 5.93. The van der Waals surface area contributed by atoms with Crippen molar-refractivity contribution in [3.05, 3.63) is 29.8 Å². The van der Waals surface area contributed by atoms with Crippen molar-refractivity contribution in [2.45, 2.75) is 45.2 Å². The van der Waals surface area contributed by atoms with E-state index in [0.29, 0.717) is 18.0 Å². The van der Waals surface area contributed by atoms with E-state index < -0.39 is 0 Å². The van der Waals surface area contributed by atoms with Crippen LogP contribution in [0.1, 0.15) is 44.7 Å². The van der Waals surface area contributed by atoms with Gasteiger partial charge in [-0.15, -0.1) is 0 Å². The monoisotopic (exact) mass is 262 g/mol. The molecule has 0 aromatic heterocycles. The van der Waals surface area contributed by atoms with Gasteiger partial charge in [0.15, 0.2) is 0 Å². The normalized spacial score (nSPS) is 23.3. The fraction of sp³-hybridized carbons (Fsp3) is 0.625. The van der Waals surface area contributed by atoms with E-state index in [1.165, 1.54) is 24.8 Å². The van der Waals surface area contributed by atoms with E-state index >= 15 is 0 Å². The number of hydrogen-bond donors (Lipinski definition) is 2. The van der Waals surface area contributed by atoms with Crippen LogP contribution in [0.5, 0.6) is 5.75 Å². The van der Waals surface area contributed by atoms with Gasteiger partial charge in [0.25, 0.3) is 0 Å². The van der Waals surface area contributed by atoms with Crippen LogP contribution < -0.4 is 15.8 Å². The zero-order valence-corrected chi connectivity index (χ0v) is 12.3. The van der Waals surface area contributed by atoms with Crippen LogP contribution in [0, 0.1) is 5.41 Å². The lowest BCUT2D eigenvalue weighted by molar-refractivity contribution is 0.353. The molecule has 1 aromatic rings. The molecule has 3 nitrogen and oxygen atoms in total. The second-order valence-corrected chi connectivity index (χ2v) is 6.34. The summed E-state index contributed by atoms with van der Waals surface area (Å²) in [6.45, 7) is 5.31. The topological polar surface area (TPSA) is 47.3 Å². The van der Waals surface area contributed by atoms with Gasteiger partial charge in [0, 0.05) is 18.6 Å². The Hall–Kier alpha value is -1.06. The predicted octanol–water partition coefficient (Wildman–Crippen LogP) is 2.86. The summed E-state index contributed by atoms with van der Waals surface area (Å²) in [4.78, 5) is 0. The summed E-state index contributed by atoms with van der Waals surface area (Å²) >= 11 is 0. The van der Waals surface area contributed by atoms with Crippen molar-refractivity contribution in [2.24, 2.45) is 11.1 Å². The average molecular weight is 262 g/mol. The SMILES string of the molecule is COc1cccc(C(CN)NC2CCC(C)(C)C2)c1. The summed E-state index contributed by atoms with van der Waals surface area (Å²) in [6, 6.07) is 8.98. The molecule has 0 radical (unpaired) electrons. The van der Waals surface area contributed by atoms with E-state index in [-0.39, 0.29) is 6.04 Å². The lowest BCUT2D eigenvalue weighted by Crippen LogP contribution is -2.35.